The second-order valence-electron chi connectivity index (χ2n) is 5.92. The van der Waals surface area contributed by atoms with Crippen molar-refractivity contribution in [3.63, 3.8) is 0 Å². The molecular formula is C18H23N5O. The standard InChI is InChI=1S/C18H23N5O/c1-4-22-14(3)16(13(2)21-22)12-19-18(24)9-10-23-17-8-6-5-7-15(17)11-20-23/h5-8,11H,4,9-10,12H2,1-3H3,(H,19,24). The minimum absolute atomic E-state index is 0.0256. The molecule has 1 N–H and O–H groups in total. The molecule has 0 fully saturated rings. The quantitative estimate of drug-likeness (QED) is 0.757. The first-order valence-electron chi connectivity index (χ1n) is 8.30. The highest BCUT2D eigenvalue weighted by molar-refractivity contribution is 5.79. The summed E-state index contributed by atoms with van der Waals surface area (Å²) in [5.74, 6) is 0.0256. The number of carbonyl (C=O) groups is 1. The zero-order valence-electron chi connectivity index (χ0n) is 14.4. The van der Waals surface area contributed by atoms with Gasteiger partial charge in [0.1, 0.15) is 0 Å². The second-order valence-corrected chi connectivity index (χ2v) is 5.92. The monoisotopic (exact) mass is 325 g/mol. The Bertz CT molecular complexity index is 862. The van der Waals surface area contributed by atoms with Crippen molar-refractivity contribution in [1.82, 2.24) is 24.9 Å². The molecule has 0 aliphatic carbocycles. The Kier molecular flexibility index (Phi) is 4.64. The number of nitrogens with one attached hydrogen (secondary N) is 1. The van der Waals surface area contributed by atoms with Crippen molar-refractivity contribution in [2.24, 2.45) is 0 Å². The molecule has 24 heavy (non-hydrogen) atoms. The first kappa shape index (κ1) is 16.2. The van der Waals surface area contributed by atoms with Crippen LogP contribution in [0.1, 0.15) is 30.3 Å². The zero-order valence-corrected chi connectivity index (χ0v) is 14.4. The van der Waals surface area contributed by atoms with Crippen molar-refractivity contribution in [2.75, 3.05) is 0 Å². The van der Waals surface area contributed by atoms with E-state index in [4.69, 9.17) is 0 Å². The number of nitrogens with zero attached hydrogens (tertiary/aromatic N) is 4. The summed E-state index contributed by atoms with van der Waals surface area (Å²) in [5.41, 5.74) is 4.26. The van der Waals surface area contributed by atoms with Gasteiger partial charge in [-0.15, -0.1) is 0 Å². The van der Waals surface area contributed by atoms with Crippen LogP contribution < -0.4 is 5.32 Å². The van der Waals surface area contributed by atoms with E-state index in [2.05, 4.69) is 22.4 Å². The molecule has 0 aliphatic heterocycles. The van der Waals surface area contributed by atoms with Crippen molar-refractivity contribution in [1.29, 1.82) is 0 Å². The average molecular weight is 325 g/mol. The van der Waals surface area contributed by atoms with Gasteiger partial charge in [0, 0.05) is 36.2 Å². The summed E-state index contributed by atoms with van der Waals surface area (Å²) in [4.78, 5) is 12.2. The van der Waals surface area contributed by atoms with Crippen LogP contribution >= 0.6 is 0 Å². The van der Waals surface area contributed by atoms with Crippen LogP contribution in [0.15, 0.2) is 30.5 Å². The van der Waals surface area contributed by atoms with E-state index in [0.717, 1.165) is 34.4 Å². The molecule has 0 atom stereocenters. The first-order valence-corrected chi connectivity index (χ1v) is 8.30. The van der Waals surface area contributed by atoms with Gasteiger partial charge in [-0.2, -0.15) is 10.2 Å². The highest BCUT2D eigenvalue weighted by Crippen LogP contribution is 2.14. The van der Waals surface area contributed by atoms with Crippen LogP contribution in [0.25, 0.3) is 10.9 Å². The first-order chi connectivity index (χ1) is 11.6. The summed E-state index contributed by atoms with van der Waals surface area (Å²) in [7, 11) is 0. The van der Waals surface area contributed by atoms with E-state index in [-0.39, 0.29) is 5.91 Å². The number of para-hydroxylation sites is 1. The van der Waals surface area contributed by atoms with Crippen molar-refractivity contribution in [2.45, 2.75) is 46.8 Å². The van der Waals surface area contributed by atoms with Gasteiger partial charge in [-0.3, -0.25) is 14.2 Å². The maximum absolute atomic E-state index is 12.2. The van der Waals surface area contributed by atoms with Crippen LogP contribution in [0.5, 0.6) is 0 Å². The third-order valence-electron chi connectivity index (χ3n) is 4.39. The number of benzene rings is 1. The summed E-state index contributed by atoms with van der Waals surface area (Å²) in [5, 5.41) is 12.9. The van der Waals surface area contributed by atoms with Crippen molar-refractivity contribution in [3.05, 3.63) is 47.4 Å². The molecule has 0 radical (unpaired) electrons. The van der Waals surface area contributed by atoms with Gasteiger partial charge >= 0.3 is 0 Å². The van der Waals surface area contributed by atoms with Gasteiger partial charge < -0.3 is 5.32 Å². The van der Waals surface area contributed by atoms with Crippen LogP contribution in [0.3, 0.4) is 0 Å². The van der Waals surface area contributed by atoms with Gasteiger partial charge in [0.2, 0.25) is 5.91 Å². The summed E-state index contributed by atoms with van der Waals surface area (Å²) in [6, 6.07) is 8.02. The number of hydrogen-bond donors (Lipinski definition) is 1. The number of carbonyl (C=O) groups excluding carboxylic acids is 1. The van der Waals surface area contributed by atoms with Crippen molar-refractivity contribution >= 4 is 16.8 Å². The lowest BCUT2D eigenvalue weighted by molar-refractivity contribution is -0.121. The Morgan fingerprint density at radius 3 is 2.75 bits per heavy atom. The van der Waals surface area contributed by atoms with E-state index in [1.165, 1.54) is 0 Å². The van der Waals surface area contributed by atoms with Gasteiger partial charge in [0.25, 0.3) is 0 Å². The number of fused-ring (bicyclic) bond motifs is 1. The Balaban J connectivity index is 1.58. The number of aryl methyl sites for hydroxylation is 3. The van der Waals surface area contributed by atoms with E-state index in [9.17, 15) is 4.79 Å². The smallest absolute Gasteiger partial charge is 0.222 e. The second kappa shape index (κ2) is 6.86. The van der Waals surface area contributed by atoms with E-state index >= 15 is 0 Å². The maximum atomic E-state index is 12.2. The Labute approximate surface area is 141 Å². The van der Waals surface area contributed by atoms with Crippen LogP contribution in [0, 0.1) is 13.8 Å². The molecule has 0 spiro atoms. The van der Waals surface area contributed by atoms with Crippen LogP contribution in [-0.2, 0) is 24.4 Å². The molecule has 126 valence electrons. The Hall–Kier alpha value is -2.63. The molecule has 6 nitrogen and oxygen atoms in total. The van der Waals surface area contributed by atoms with Gasteiger partial charge in [-0.1, -0.05) is 18.2 Å². The predicted octanol–water partition coefficient (Wildman–Crippen LogP) is 2.58. The van der Waals surface area contributed by atoms with Gasteiger partial charge in [-0.05, 0) is 26.8 Å². The third-order valence-corrected chi connectivity index (χ3v) is 4.39. The largest absolute Gasteiger partial charge is 0.352 e. The van der Waals surface area contributed by atoms with E-state index in [1.807, 2.05) is 53.7 Å². The zero-order chi connectivity index (χ0) is 17.1. The van der Waals surface area contributed by atoms with E-state index in [1.54, 1.807) is 0 Å². The van der Waals surface area contributed by atoms with Gasteiger partial charge in [0.05, 0.1) is 24.0 Å². The molecule has 3 aromatic rings. The fourth-order valence-corrected chi connectivity index (χ4v) is 2.98. The highest BCUT2D eigenvalue weighted by atomic mass is 16.1. The van der Waals surface area contributed by atoms with Gasteiger partial charge in [0.15, 0.2) is 0 Å². The van der Waals surface area contributed by atoms with Crippen molar-refractivity contribution < 1.29 is 4.79 Å². The van der Waals surface area contributed by atoms with E-state index < -0.39 is 0 Å². The minimum Gasteiger partial charge on any atom is -0.352 e. The van der Waals surface area contributed by atoms with Crippen molar-refractivity contribution in [3.8, 4) is 0 Å². The molecular weight excluding hydrogens is 302 g/mol. The normalized spacial score (nSPS) is 11.1. The number of hydrogen-bond acceptors (Lipinski definition) is 3. The molecule has 1 amide bonds. The lowest BCUT2D eigenvalue weighted by Crippen LogP contribution is -2.24. The molecule has 0 unspecified atom stereocenters. The molecule has 2 heterocycles. The van der Waals surface area contributed by atoms with Crippen LogP contribution in [0.4, 0.5) is 0 Å². The predicted molar refractivity (Wildman–Crippen MR) is 93.6 cm³/mol. The molecule has 0 aliphatic rings. The Morgan fingerprint density at radius 1 is 1.21 bits per heavy atom. The highest BCUT2D eigenvalue weighted by Gasteiger charge is 2.12. The maximum Gasteiger partial charge on any atom is 0.222 e. The summed E-state index contributed by atoms with van der Waals surface area (Å²) in [6.45, 7) is 8.03. The van der Waals surface area contributed by atoms with Crippen LogP contribution in [0.2, 0.25) is 0 Å². The molecule has 1 aromatic carbocycles. The summed E-state index contributed by atoms with van der Waals surface area (Å²) < 4.78 is 3.84. The molecule has 0 saturated heterocycles. The summed E-state index contributed by atoms with van der Waals surface area (Å²) in [6.07, 6.45) is 2.24. The lowest BCUT2D eigenvalue weighted by atomic mass is 10.2. The molecule has 3 rings (SSSR count). The molecule has 2 aromatic heterocycles. The molecule has 6 heteroatoms. The molecule has 0 bridgehead atoms. The topological polar surface area (TPSA) is 64.7 Å². The number of amides is 1. The van der Waals surface area contributed by atoms with E-state index in [0.29, 0.717) is 19.5 Å². The van der Waals surface area contributed by atoms with Gasteiger partial charge in [-0.25, -0.2) is 0 Å². The number of aromatic nitrogens is 4. The average Bonchev–Trinajstić information content (AvgIpc) is 3.12. The lowest BCUT2D eigenvalue weighted by Gasteiger charge is -2.07. The molecule has 0 saturated carbocycles. The minimum atomic E-state index is 0.0256. The fourth-order valence-electron chi connectivity index (χ4n) is 2.98. The third kappa shape index (κ3) is 3.18. The SMILES string of the molecule is CCn1nc(C)c(CNC(=O)CCn2ncc3ccccc32)c1C. The Morgan fingerprint density at radius 2 is 2.00 bits per heavy atom. The number of rotatable bonds is 6. The fraction of sp³-hybridized carbons (Fsp3) is 0.389. The van der Waals surface area contributed by atoms with Crippen LogP contribution in [-0.4, -0.2) is 25.5 Å². The summed E-state index contributed by atoms with van der Waals surface area (Å²) >= 11 is 0.